The number of nitrogens with one attached hydrogen (secondary N) is 1. The highest BCUT2D eigenvalue weighted by Crippen LogP contribution is 2.26. The Morgan fingerprint density at radius 1 is 1.22 bits per heavy atom. The van der Waals surface area contributed by atoms with Gasteiger partial charge in [-0.2, -0.15) is 0 Å². The normalized spacial score (nSPS) is 11.7. The SMILES string of the molecule is Cc1ccc2c(CCNC(C)C)cn(C)c2c1C. The molecule has 0 aliphatic carbocycles. The average molecular weight is 244 g/mol. The largest absolute Gasteiger partial charge is 0.350 e. The molecule has 18 heavy (non-hydrogen) atoms. The average Bonchev–Trinajstić information content (AvgIpc) is 2.61. The van der Waals surface area contributed by atoms with Crippen LogP contribution in [0.1, 0.15) is 30.5 Å². The first-order valence-electron chi connectivity index (χ1n) is 6.78. The summed E-state index contributed by atoms with van der Waals surface area (Å²) in [6.45, 7) is 9.83. The Bertz CT molecular complexity index is 550. The molecular formula is C16H24N2. The standard InChI is InChI=1S/C16H24N2/c1-11(2)17-9-8-14-10-18(5)16-13(4)12(3)6-7-15(14)16/h6-7,10-11,17H,8-9H2,1-5H3. The first kappa shape index (κ1) is 13.2. The number of aryl methyl sites for hydroxylation is 3. The molecule has 0 saturated heterocycles. The van der Waals surface area contributed by atoms with Gasteiger partial charge in [0.15, 0.2) is 0 Å². The number of nitrogens with zero attached hydrogens (tertiary/aromatic N) is 1. The van der Waals surface area contributed by atoms with E-state index in [0.29, 0.717) is 6.04 Å². The lowest BCUT2D eigenvalue weighted by atomic mass is 10.0. The summed E-state index contributed by atoms with van der Waals surface area (Å²) in [5, 5.41) is 4.89. The molecule has 0 radical (unpaired) electrons. The molecule has 0 bridgehead atoms. The van der Waals surface area contributed by atoms with Crippen LogP contribution in [0, 0.1) is 13.8 Å². The van der Waals surface area contributed by atoms with Crippen LogP contribution in [0.25, 0.3) is 10.9 Å². The Hall–Kier alpha value is -1.28. The minimum Gasteiger partial charge on any atom is -0.350 e. The Labute approximate surface area is 110 Å². The van der Waals surface area contributed by atoms with E-state index < -0.39 is 0 Å². The zero-order chi connectivity index (χ0) is 13.3. The van der Waals surface area contributed by atoms with Crippen LogP contribution in [-0.4, -0.2) is 17.2 Å². The van der Waals surface area contributed by atoms with Crippen molar-refractivity contribution in [1.29, 1.82) is 0 Å². The summed E-state index contributed by atoms with van der Waals surface area (Å²) < 4.78 is 2.27. The van der Waals surface area contributed by atoms with Gasteiger partial charge < -0.3 is 9.88 Å². The quantitative estimate of drug-likeness (QED) is 0.873. The van der Waals surface area contributed by atoms with Crippen molar-refractivity contribution in [3.8, 4) is 0 Å². The van der Waals surface area contributed by atoms with Gasteiger partial charge in [0.1, 0.15) is 0 Å². The van der Waals surface area contributed by atoms with Crippen LogP contribution in [-0.2, 0) is 13.5 Å². The second-order valence-corrected chi connectivity index (χ2v) is 5.53. The fourth-order valence-electron chi connectivity index (χ4n) is 2.58. The van der Waals surface area contributed by atoms with Gasteiger partial charge in [-0.3, -0.25) is 0 Å². The number of fused-ring (bicyclic) bond motifs is 1. The molecule has 0 fully saturated rings. The van der Waals surface area contributed by atoms with E-state index in [1.54, 1.807) is 0 Å². The highest BCUT2D eigenvalue weighted by Gasteiger charge is 2.09. The van der Waals surface area contributed by atoms with Gasteiger partial charge >= 0.3 is 0 Å². The number of rotatable bonds is 4. The molecule has 0 aliphatic heterocycles. The van der Waals surface area contributed by atoms with E-state index >= 15 is 0 Å². The molecule has 0 amide bonds. The summed E-state index contributed by atoms with van der Waals surface area (Å²) in [4.78, 5) is 0. The second-order valence-electron chi connectivity index (χ2n) is 5.53. The van der Waals surface area contributed by atoms with E-state index in [0.717, 1.165) is 13.0 Å². The summed E-state index contributed by atoms with van der Waals surface area (Å²) >= 11 is 0. The highest BCUT2D eigenvalue weighted by atomic mass is 14.9. The third-order valence-corrected chi connectivity index (χ3v) is 3.70. The van der Waals surface area contributed by atoms with Gasteiger partial charge in [0.25, 0.3) is 0 Å². The van der Waals surface area contributed by atoms with Crippen molar-refractivity contribution in [2.45, 2.75) is 40.2 Å². The van der Waals surface area contributed by atoms with Crippen molar-refractivity contribution in [2.24, 2.45) is 7.05 Å². The van der Waals surface area contributed by atoms with Gasteiger partial charge in [0.05, 0.1) is 5.52 Å². The molecule has 1 aromatic heterocycles. The zero-order valence-electron chi connectivity index (χ0n) is 12.2. The van der Waals surface area contributed by atoms with E-state index in [1.807, 2.05) is 0 Å². The van der Waals surface area contributed by atoms with E-state index in [9.17, 15) is 0 Å². The second kappa shape index (κ2) is 5.15. The summed E-state index contributed by atoms with van der Waals surface area (Å²) in [5.41, 5.74) is 5.60. The fraction of sp³-hybridized carbons (Fsp3) is 0.500. The predicted octanol–water partition coefficient (Wildman–Crippen LogP) is 3.34. The molecule has 2 heteroatoms. The van der Waals surface area contributed by atoms with Crippen LogP contribution in [0.15, 0.2) is 18.3 Å². The molecule has 1 N–H and O–H groups in total. The fourth-order valence-corrected chi connectivity index (χ4v) is 2.58. The van der Waals surface area contributed by atoms with Crippen LogP contribution in [0.3, 0.4) is 0 Å². The van der Waals surface area contributed by atoms with Gasteiger partial charge in [-0.25, -0.2) is 0 Å². The number of hydrogen-bond donors (Lipinski definition) is 1. The van der Waals surface area contributed by atoms with E-state index in [2.05, 4.69) is 63.0 Å². The lowest BCUT2D eigenvalue weighted by Gasteiger charge is -2.07. The van der Waals surface area contributed by atoms with Gasteiger partial charge in [-0.1, -0.05) is 26.0 Å². The third kappa shape index (κ3) is 2.44. The molecule has 0 aliphatic rings. The molecule has 0 unspecified atom stereocenters. The van der Waals surface area contributed by atoms with Crippen molar-refractivity contribution < 1.29 is 0 Å². The minimum absolute atomic E-state index is 0.559. The lowest BCUT2D eigenvalue weighted by Crippen LogP contribution is -2.24. The number of benzene rings is 1. The first-order chi connectivity index (χ1) is 8.50. The first-order valence-corrected chi connectivity index (χ1v) is 6.78. The molecule has 98 valence electrons. The molecule has 1 heterocycles. The minimum atomic E-state index is 0.559. The summed E-state index contributed by atoms with van der Waals surface area (Å²) in [6.07, 6.45) is 3.37. The highest BCUT2D eigenvalue weighted by molar-refractivity contribution is 5.87. The summed E-state index contributed by atoms with van der Waals surface area (Å²) in [6, 6.07) is 5.06. The number of aromatic nitrogens is 1. The van der Waals surface area contributed by atoms with E-state index in [-0.39, 0.29) is 0 Å². The van der Waals surface area contributed by atoms with Crippen LogP contribution in [0.2, 0.25) is 0 Å². The maximum Gasteiger partial charge on any atom is 0.0512 e. The maximum absolute atomic E-state index is 3.48. The van der Waals surface area contributed by atoms with E-state index in [4.69, 9.17) is 0 Å². The van der Waals surface area contributed by atoms with Crippen LogP contribution in [0.5, 0.6) is 0 Å². The van der Waals surface area contributed by atoms with Gasteiger partial charge in [-0.05, 0) is 43.5 Å². The maximum atomic E-state index is 3.48. The van der Waals surface area contributed by atoms with Gasteiger partial charge in [-0.15, -0.1) is 0 Å². The van der Waals surface area contributed by atoms with Crippen LogP contribution in [0.4, 0.5) is 0 Å². The van der Waals surface area contributed by atoms with Crippen molar-refractivity contribution in [3.05, 3.63) is 35.0 Å². The smallest absolute Gasteiger partial charge is 0.0512 e. The monoisotopic (exact) mass is 244 g/mol. The van der Waals surface area contributed by atoms with Crippen molar-refractivity contribution in [1.82, 2.24) is 9.88 Å². The van der Waals surface area contributed by atoms with Crippen molar-refractivity contribution >= 4 is 10.9 Å². The van der Waals surface area contributed by atoms with Crippen LogP contribution < -0.4 is 5.32 Å². The summed E-state index contributed by atoms with van der Waals surface area (Å²) in [7, 11) is 2.15. The van der Waals surface area contributed by atoms with Crippen molar-refractivity contribution in [2.75, 3.05) is 6.54 Å². The third-order valence-electron chi connectivity index (χ3n) is 3.70. The van der Waals surface area contributed by atoms with E-state index in [1.165, 1.54) is 27.6 Å². The van der Waals surface area contributed by atoms with Gasteiger partial charge in [0.2, 0.25) is 0 Å². The number of hydrogen-bond acceptors (Lipinski definition) is 1. The molecule has 0 atom stereocenters. The Morgan fingerprint density at radius 3 is 2.61 bits per heavy atom. The van der Waals surface area contributed by atoms with Gasteiger partial charge in [0, 0.05) is 24.7 Å². The topological polar surface area (TPSA) is 17.0 Å². The zero-order valence-corrected chi connectivity index (χ0v) is 12.2. The molecule has 2 aromatic rings. The molecule has 0 spiro atoms. The van der Waals surface area contributed by atoms with Crippen LogP contribution >= 0.6 is 0 Å². The molecule has 1 aromatic carbocycles. The molecular weight excluding hydrogens is 220 g/mol. The Kier molecular flexibility index (Phi) is 3.76. The summed E-state index contributed by atoms with van der Waals surface area (Å²) in [5.74, 6) is 0. The molecule has 2 rings (SSSR count). The Morgan fingerprint density at radius 2 is 1.94 bits per heavy atom. The molecule has 0 saturated carbocycles. The predicted molar refractivity (Wildman–Crippen MR) is 79.2 cm³/mol. The lowest BCUT2D eigenvalue weighted by molar-refractivity contribution is 0.591. The molecule has 2 nitrogen and oxygen atoms in total. The van der Waals surface area contributed by atoms with Crippen molar-refractivity contribution in [3.63, 3.8) is 0 Å². The Balaban J connectivity index is 2.33.